The molecule has 1 heterocycles. The van der Waals surface area contributed by atoms with Gasteiger partial charge in [-0.25, -0.2) is 4.98 Å². The predicted molar refractivity (Wildman–Crippen MR) is 85.1 cm³/mol. The van der Waals surface area contributed by atoms with Crippen LogP contribution in [-0.2, 0) is 6.54 Å². The number of hydrogen-bond acceptors (Lipinski definition) is 2. The Morgan fingerprint density at radius 3 is 2.52 bits per heavy atom. The fourth-order valence-electron chi connectivity index (χ4n) is 2.64. The molecule has 3 aromatic rings. The number of para-hydroxylation sites is 2. The first kappa shape index (κ1) is 13.8. The number of aliphatic hydroxyl groups is 1. The average Bonchev–Trinajstić information content (AvgIpc) is 2.91. The fraction of sp³-hybridized carbons (Fsp3) is 0.278. The highest BCUT2D eigenvalue weighted by Gasteiger charge is 2.19. The van der Waals surface area contributed by atoms with E-state index in [0.29, 0.717) is 0 Å². The van der Waals surface area contributed by atoms with Crippen LogP contribution in [0, 0.1) is 0 Å². The predicted octanol–water partition coefficient (Wildman–Crippen LogP) is 3.92. The minimum absolute atomic E-state index is 0.685. The molecule has 0 fully saturated rings. The van der Waals surface area contributed by atoms with E-state index in [0.717, 1.165) is 41.8 Å². The molecule has 0 aliphatic heterocycles. The highest BCUT2D eigenvalue weighted by Crippen LogP contribution is 2.26. The second kappa shape index (κ2) is 6.10. The van der Waals surface area contributed by atoms with Crippen LogP contribution in [0.1, 0.15) is 37.3 Å². The van der Waals surface area contributed by atoms with Crippen molar-refractivity contribution in [2.24, 2.45) is 0 Å². The summed E-state index contributed by atoms with van der Waals surface area (Å²) in [5.41, 5.74) is 2.92. The molecule has 108 valence electrons. The van der Waals surface area contributed by atoms with E-state index >= 15 is 0 Å². The van der Waals surface area contributed by atoms with Crippen LogP contribution >= 0.6 is 0 Å². The number of aryl methyl sites for hydroxylation is 1. The number of hydrogen-bond donors (Lipinski definition) is 1. The van der Waals surface area contributed by atoms with Gasteiger partial charge in [-0.3, -0.25) is 0 Å². The molecular weight excluding hydrogens is 260 g/mol. The molecule has 0 spiro atoms. The van der Waals surface area contributed by atoms with Gasteiger partial charge in [-0.15, -0.1) is 0 Å². The van der Waals surface area contributed by atoms with E-state index in [1.54, 1.807) is 0 Å². The minimum Gasteiger partial charge on any atom is -0.380 e. The Bertz CT molecular complexity index is 718. The number of aromatic nitrogens is 2. The molecule has 3 nitrogen and oxygen atoms in total. The summed E-state index contributed by atoms with van der Waals surface area (Å²) in [4.78, 5) is 4.65. The van der Waals surface area contributed by atoms with Gasteiger partial charge in [0.1, 0.15) is 11.9 Å². The van der Waals surface area contributed by atoms with Crippen molar-refractivity contribution in [1.82, 2.24) is 9.55 Å². The van der Waals surface area contributed by atoms with Crippen molar-refractivity contribution >= 4 is 11.0 Å². The molecule has 0 bridgehead atoms. The molecule has 0 amide bonds. The largest absolute Gasteiger partial charge is 0.380 e. The zero-order valence-electron chi connectivity index (χ0n) is 12.2. The number of nitrogens with zero attached hydrogens (tertiary/aromatic N) is 2. The third kappa shape index (κ3) is 2.69. The van der Waals surface area contributed by atoms with Crippen molar-refractivity contribution in [2.45, 2.75) is 32.4 Å². The summed E-state index contributed by atoms with van der Waals surface area (Å²) in [5.74, 6) is 0.732. The molecule has 3 heteroatoms. The van der Waals surface area contributed by atoms with Gasteiger partial charge in [-0.1, -0.05) is 55.8 Å². The quantitative estimate of drug-likeness (QED) is 0.769. The molecule has 2 aromatic carbocycles. The van der Waals surface area contributed by atoms with E-state index < -0.39 is 6.10 Å². The Hall–Kier alpha value is -2.13. The normalized spacial score (nSPS) is 12.7. The van der Waals surface area contributed by atoms with Crippen LogP contribution in [0.5, 0.6) is 0 Å². The van der Waals surface area contributed by atoms with Crippen LogP contribution in [-0.4, -0.2) is 14.7 Å². The lowest BCUT2D eigenvalue weighted by Gasteiger charge is -2.14. The van der Waals surface area contributed by atoms with Gasteiger partial charge >= 0.3 is 0 Å². The highest BCUT2D eigenvalue weighted by atomic mass is 16.3. The molecule has 0 saturated carbocycles. The second-order valence-corrected chi connectivity index (χ2v) is 5.28. The van der Waals surface area contributed by atoms with Gasteiger partial charge in [0.25, 0.3) is 0 Å². The summed E-state index contributed by atoms with van der Waals surface area (Å²) in [5, 5.41) is 10.7. The summed E-state index contributed by atoms with van der Waals surface area (Å²) in [7, 11) is 0. The van der Waals surface area contributed by atoms with E-state index in [-0.39, 0.29) is 0 Å². The second-order valence-electron chi connectivity index (χ2n) is 5.28. The van der Waals surface area contributed by atoms with E-state index in [1.807, 2.05) is 48.5 Å². The molecule has 1 N–H and O–H groups in total. The smallest absolute Gasteiger partial charge is 0.143 e. The summed E-state index contributed by atoms with van der Waals surface area (Å²) in [6.07, 6.45) is 1.51. The number of benzene rings is 2. The van der Waals surface area contributed by atoms with Crippen molar-refractivity contribution in [2.75, 3.05) is 0 Å². The maximum absolute atomic E-state index is 10.7. The van der Waals surface area contributed by atoms with E-state index in [2.05, 4.69) is 22.5 Å². The average molecular weight is 280 g/mol. The van der Waals surface area contributed by atoms with Gasteiger partial charge in [0.15, 0.2) is 0 Å². The van der Waals surface area contributed by atoms with Crippen molar-refractivity contribution in [3.63, 3.8) is 0 Å². The van der Waals surface area contributed by atoms with E-state index in [4.69, 9.17) is 0 Å². The van der Waals surface area contributed by atoms with Gasteiger partial charge in [0.05, 0.1) is 11.0 Å². The third-order valence-corrected chi connectivity index (χ3v) is 3.78. The molecule has 0 radical (unpaired) electrons. The van der Waals surface area contributed by atoms with Crippen molar-refractivity contribution in [1.29, 1.82) is 0 Å². The van der Waals surface area contributed by atoms with Gasteiger partial charge in [0, 0.05) is 6.54 Å². The lowest BCUT2D eigenvalue weighted by Crippen LogP contribution is -2.10. The monoisotopic (exact) mass is 280 g/mol. The van der Waals surface area contributed by atoms with Gasteiger partial charge in [0.2, 0.25) is 0 Å². The van der Waals surface area contributed by atoms with E-state index in [1.165, 1.54) is 0 Å². The molecule has 21 heavy (non-hydrogen) atoms. The summed E-state index contributed by atoms with van der Waals surface area (Å²) < 4.78 is 2.15. The maximum Gasteiger partial charge on any atom is 0.143 e. The van der Waals surface area contributed by atoms with Crippen LogP contribution in [0.15, 0.2) is 54.6 Å². The molecule has 0 aliphatic carbocycles. The Morgan fingerprint density at radius 2 is 1.76 bits per heavy atom. The topological polar surface area (TPSA) is 38.0 Å². The number of imidazole rings is 1. The Morgan fingerprint density at radius 1 is 1.05 bits per heavy atom. The first-order valence-corrected chi connectivity index (χ1v) is 7.49. The van der Waals surface area contributed by atoms with Crippen molar-refractivity contribution in [3.05, 3.63) is 66.0 Å². The van der Waals surface area contributed by atoms with Gasteiger partial charge in [-0.05, 0) is 24.1 Å². The molecule has 0 saturated heterocycles. The Kier molecular flexibility index (Phi) is 4.02. The zero-order chi connectivity index (χ0) is 14.7. The number of rotatable bonds is 5. The first-order valence-electron chi connectivity index (χ1n) is 7.49. The molecule has 3 rings (SSSR count). The lowest BCUT2D eigenvalue weighted by molar-refractivity contribution is 0.205. The summed E-state index contributed by atoms with van der Waals surface area (Å²) in [6.45, 7) is 3.06. The maximum atomic E-state index is 10.7. The van der Waals surface area contributed by atoms with Crippen LogP contribution < -0.4 is 0 Å². The standard InChI is InChI=1S/C18H20N2O/c1-2-3-13-20-16-12-8-7-11-15(16)19-18(20)17(21)14-9-5-4-6-10-14/h4-12,17,21H,2-3,13H2,1H3/t17-/m1/s1. The van der Waals surface area contributed by atoms with E-state index in [9.17, 15) is 5.11 Å². The number of unbranched alkanes of at least 4 members (excludes halogenated alkanes) is 1. The van der Waals surface area contributed by atoms with Crippen LogP contribution in [0.4, 0.5) is 0 Å². The van der Waals surface area contributed by atoms with Crippen LogP contribution in [0.2, 0.25) is 0 Å². The van der Waals surface area contributed by atoms with Crippen molar-refractivity contribution in [3.8, 4) is 0 Å². The van der Waals surface area contributed by atoms with Gasteiger partial charge < -0.3 is 9.67 Å². The third-order valence-electron chi connectivity index (χ3n) is 3.78. The first-order chi connectivity index (χ1) is 10.3. The Labute approximate surface area is 124 Å². The Balaban J connectivity index is 2.08. The van der Waals surface area contributed by atoms with Gasteiger partial charge in [-0.2, -0.15) is 0 Å². The lowest BCUT2D eigenvalue weighted by atomic mass is 10.1. The molecular formula is C18H20N2O. The molecule has 1 atom stereocenters. The summed E-state index contributed by atoms with van der Waals surface area (Å²) in [6, 6.07) is 17.8. The SMILES string of the molecule is CCCCn1c([C@H](O)c2ccccc2)nc2ccccc21. The van der Waals surface area contributed by atoms with Crippen LogP contribution in [0.25, 0.3) is 11.0 Å². The molecule has 0 aliphatic rings. The fourth-order valence-corrected chi connectivity index (χ4v) is 2.64. The summed E-state index contributed by atoms with van der Waals surface area (Å²) >= 11 is 0. The molecule has 0 unspecified atom stereocenters. The zero-order valence-corrected chi connectivity index (χ0v) is 12.2. The number of aliphatic hydroxyl groups excluding tert-OH is 1. The minimum atomic E-state index is -0.685. The number of fused-ring (bicyclic) bond motifs is 1. The van der Waals surface area contributed by atoms with Crippen LogP contribution in [0.3, 0.4) is 0 Å². The van der Waals surface area contributed by atoms with Crippen molar-refractivity contribution < 1.29 is 5.11 Å². The molecule has 1 aromatic heterocycles. The highest BCUT2D eigenvalue weighted by molar-refractivity contribution is 5.76.